The van der Waals surface area contributed by atoms with Crippen molar-refractivity contribution in [3.05, 3.63) is 101 Å². The molecule has 0 unspecified atom stereocenters. The smallest absolute Gasteiger partial charge is 0.422 e. The molecular formula is C30H30F3N7O3. The van der Waals surface area contributed by atoms with Crippen LogP contribution < -0.4 is 10.1 Å². The normalized spacial score (nSPS) is 14.0. The van der Waals surface area contributed by atoms with Gasteiger partial charge in [0.25, 0.3) is 11.8 Å². The zero-order chi connectivity index (χ0) is 30.4. The van der Waals surface area contributed by atoms with Crippen LogP contribution in [0.25, 0.3) is 0 Å². The number of pyridine rings is 1. The van der Waals surface area contributed by atoms with Crippen LogP contribution in [0, 0.1) is 6.92 Å². The van der Waals surface area contributed by atoms with Gasteiger partial charge in [-0.25, -0.2) is 4.68 Å². The Balaban J connectivity index is 1.14. The summed E-state index contributed by atoms with van der Waals surface area (Å²) in [6, 6.07) is 19.0. The third-order valence-electron chi connectivity index (χ3n) is 6.92. The van der Waals surface area contributed by atoms with Gasteiger partial charge in [-0.1, -0.05) is 41.6 Å². The number of nitrogens with one attached hydrogen (secondary N) is 1. The number of ether oxygens (including phenoxy) is 1. The molecule has 2 aromatic carbocycles. The summed E-state index contributed by atoms with van der Waals surface area (Å²) in [6.07, 6.45) is -2.80. The van der Waals surface area contributed by atoms with Crippen molar-refractivity contribution in [2.75, 3.05) is 38.1 Å². The van der Waals surface area contributed by atoms with E-state index in [4.69, 9.17) is 4.74 Å². The third-order valence-corrected chi connectivity index (χ3v) is 6.92. The maximum absolute atomic E-state index is 13.5. The predicted octanol–water partition coefficient (Wildman–Crippen LogP) is 4.18. The van der Waals surface area contributed by atoms with E-state index in [1.165, 1.54) is 12.1 Å². The third kappa shape index (κ3) is 7.95. The summed E-state index contributed by atoms with van der Waals surface area (Å²) in [7, 11) is 0. The maximum Gasteiger partial charge on any atom is 0.422 e. The van der Waals surface area contributed by atoms with Gasteiger partial charge in [0.15, 0.2) is 6.61 Å². The number of aryl methyl sites for hydroxylation is 1. The number of alkyl halides is 3. The van der Waals surface area contributed by atoms with E-state index in [0.717, 1.165) is 11.1 Å². The number of halogens is 3. The lowest BCUT2D eigenvalue weighted by Gasteiger charge is -2.34. The molecule has 4 aromatic rings. The van der Waals surface area contributed by atoms with Gasteiger partial charge in [0.1, 0.15) is 17.1 Å². The van der Waals surface area contributed by atoms with Crippen LogP contribution in [0.2, 0.25) is 0 Å². The summed E-state index contributed by atoms with van der Waals surface area (Å²) < 4.78 is 43.4. The maximum atomic E-state index is 13.5. The van der Waals surface area contributed by atoms with Crippen molar-refractivity contribution in [3.8, 4) is 5.75 Å². The van der Waals surface area contributed by atoms with Crippen molar-refractivity contribution in [1.29, 1.82) is 0 Å². The van der Waals surface area contributed by atoms with E-state index >= 15 is 0 Å². The topological polar surface area (TPSA) is 105 Å². The number of piperazine rings is 1. The molecule has 0 saturated carbocycles. The Labute approximate surface area is 246 Å². The second-order valence-electron chi connectivity index (χ2n) is 10.2. The van der Waals surface area contributed by atoms with E-state index in [2.05, 4.69) is 25.5 Å². The lowest BCUT2D eigenvalue weighted by molar-refractivity contribution is -0.153. The minimum atomic E-state index is -4.38. The zero-order valence-electron chi connectivity index (χ0n) is 23.4. The number of benzene rings is 2. The summed E-state index contributed by atoms with van der Waals surface area (Å²) in [5.74, 6) is -0.325. The first-order chi connectivity index (χ1) is 20.6. The van der Waals surface area contributed by atoms with Gasteiger partial charge in [-0.3, -0.25) is 19.5 Å². The first-order valence-electron chi connectivity index (χ1n) is 13.7. The molecule has 2 amide bonds. The van der Waals surface area contributed by atoms with Crippen molar-refractivity contribution < 1.29 is 27.5 Å². The average Bonchev–Trinajstić information content (AvgIpc) is 3.36. The summed E-state index contributed by atoms with van der Waals surface area (Å²) in [5.41, 5.74) is 3.56. The standard InChI is InChI=1S/C30H30F3N7O3/c1-21-27(40(37-36-21)19-23-9-12-26(34-17-23)28(41)35-24-5-3-2-4-6-24)29(42)39-15-13-38(14-16-39)18-22-7-10-25(11-8-22)43-20-30(31,32)33/h2-12,17H,13-16,18-20H2,1H3,(H,35,41). The molecule has 1 saturated heterocycles. The highest BCUT2D eigenvalue weighted by Crippen LogP contribution is 2.20. The number of hydrogen-bond acceptors (Lipinski definition) is 7. The molecule has 1 aliphatic rings. The van der Waals surface area contributed by atoms with Crippen molar-refractivity contribution in [2.24, 2.45) is 0 Å². The lowest BCUT2D eigenvalue weighted by atomic mass is 10.2. The number of para-hydroxylation sites is 1. The van der Waals surface area contributed by atoms with Crippen LogP contribution in [0.3, 0.4) is 0 Å². The molecule has 10 nitrogen and oxygen atoms in total. The van der Waals surface area contributed by atoms with Gasteiger partial charge in [-0.2, -0.15) is 13.2 Å². The van der Waals surface area contributed by atoms with E-state index in [-0.39, 0.29) is 29.8 Å². The number of hydrogen-bond donors (Lipinski definition) is 1. The molecule has 13 heteroatoms. The number of aromatic nitrogens is 4. The average molecular weight is 594 g/mol. The molecule has 0 aliphatic carbocycles. The fraction of sp³-hybridized carbons (Fsp3) is 0.300. The second-order valence-corrected chi connectivity index (χ2v) is 10.2. The number of carbonyl (C=O) groups excluding carboxylic acids is 2. The van der Waals surface area contributed by atoms with Crippen molar-refractivity contribution in [3.63, 3.8) is 0 Å². The first kappa shape index (κ1) is 29.7. The van der Waals surface area contributed by atoms with Crippen LogP contribution in [0.15, 0.2) is 72.9 Å². The van der Waals surface area contributed by atoms with Crippen molar-refractivity contribution >= 4 is 17.5 Å². The Morgan fingerprint density at radius 1 is 0.907 bits per heavy atom. The van der Waals surface area contributed by atoms with E-state index in [1.54, 1.807) is 59.1 Å². The molecule has 5 rings (SSSR count). The Morgan fingerprint density at radius 3 is 2.26 bits per heavy atom. The largest absolute Gasteiger partial charge is 0.484 e. The molecule has 0 bridgehead atoms. The molecule has 0 spiro atoms. The highest BCUT2D eigenvalue weighted by Gasteiger charge is 2.29. The van der Waals surface area contributed by atoms with E-state index in [9.17, 15) is 22.8 Å². The van der Waals surface area contributed by atoms with Crippen LogP contribution in [0.4, 0.5) is 18.9 Å². The molecule has 1 fully saturated rings. The fourth-order valence-electron chi connectivity index (χ4n) is 4.69. The molecule has 3 heterocycles. The number of anilines is 1. The van der Waals surface area contributed by atoms with Gasteiger partial charge in [0.05, 0.1) is 12.2 Å². The monoisotopic (exact) mass is 593 g/mol. The minimum absolute atomic E-state index is 0.164. The SMILES string of the molecule is Cc1nnn(Cc2ccc(C(=O)Nc3ccccc3)nc2)c1C(=O)N1CCN(Cc2ccc(OCC(F)(F)F)cc2)CC1. The van der Waals surface area contributed by atoms with Crippen LogP contribution >= 0.6 is 0 Å². The molecule has 2 aromatic heterocycles. The highest BCUT2D eigenvalue weighted by atomic mass is 19.4. The summed E-state index contributed by atoms with van der Waals surface area (Å²) in [6.45, 7) is 3.55. The summed E-state index contributed by atoms with van der Waals surface area (Å²) in [4.78, 5) is 34.2. The van der Waals surface area contributed by atoms with Crippen LogP contribution in [-0.2, 0) is 13.1 Å². The Bertz CT molecular complexity index is 1530. The second kappa shape index (κ2) is 13.0. The molecule has 1 aliphatic heterocycles. The van der Waals surface area contributed by atoms with Gasteiger partial charge < -0.3 is 15.0 Å². The molecular weight excluding hydrogens is 563 g/mol. The Kier molecular flexibility index (Phi) is 9.00. The summed E-state index contributed by atoms with van der Waals surface area (Å²) in [5, 5.41) is 11.1. The quantitative estimate of drug-likeness (QED) is 0.311. The van der Waals surface area contributed by atoms with E-state index in [1.807, 2.05) is 18.2 Å². The van der Waals surface area contributed by atoms with Crippen molar-refractivity contribution in [2.45, 2.75) is 26.2 Å². The van der Waals surface area contributed by atoms with Gasteiger partial charge in [0, 0.05) is 44.6 Å². The van der Waals surface area contributed by atoms with Crippen LogP contribution in [0.5, 0.6) is 5.75 Å². The number of nitrogens with zero attached hydrogens (tertiary/aromatic N) is 6. The first-order valence-corrected chi connectivity index (χ1v) is 13.7. The fourth-order valence-corrected chi connectivity index (χ4v) is 4.69. The van der Waals surface area contributed by atoms with Gasteiger partial charge in [-0.15, -0.1) is 5.10 Å². The number of amides is 2. The summed E-state index contributed by atoms with van der Waals surface area (Å²) >= 11 is 0. The van der Waals surface area contributed by atoms with Gasteiger partial charge in [0.2, 0.25) is 0 Å². The predicted molar refractivity (Wildman–Crippen MR) is 152 cm³/mol. The highest BCUT2D eigenvalue weighted by molar-refractivity contribution is 6.02. The zero-order valence-corrected chi connectivity index (χ0v) is 23.4. The number of rotatable bonds is 9. The van der Waals surface area contributed by atoms with E-state index in [0.29, 0.717) is 49.8 Å². The van der Waals surface area contributed by atoms with E-state index < -0.39 is 12.8 Å². The number of carbonyl (C=O) groups is 2. The Hall–Kier alpha value is -4.78. The molecule has 224 valence electrons. The minimum Gasteiger partial charge on any atom is -0.484 e. The molecule has 1 N–H and O–H groups in total. The lowest BCUT2D eigenvalue weighted by Crippen LogP contribution is -2.48. The van der Waals surface area contributed by atoms with Crippen LogP contribution in [0.1, 0.15) is 37.8 Å². The van der Waals surface area contributed by atoms with Gasteiger partial charge >= 0.3 is 6.18 Å². The van der Waals surface area contributed by atoms with Crippen LogP contribution in [-0.4, -0.2) is 80.6 Å². The van der Waals surface area contributed by atoms with Gasteiger partial charge in [-0.05, 0) is 48.4 Å². The Morgan fingerprint density at radius 2 is 1.60 bits per heavy atom. The molecule has 43 heavy (non-hydrogen) atoms. The molecule has 0 atom stereocenters. The molecule has 0 radical (unpaired) electrons. The van der Waals surface area contributed by atoms with Crippen molar-refractivity contribution in [1.82, 2.24) is 29.8 Å².